The van der Waals surface area contributed by atoms with Gasteiger partial charge in [-0.1, -0.05) is 12.1 Å². The van der Waals surface area contributed by atoms with E-state index in [1.165, 1.54) is 16.4 Å². The SMILES string of the molecule is Cc1cnn2c(NCc3cccnc3)cc(C3CCCN(S(=O)(=O)c4cccc(OC(F)(F)F)c4)C3)nc12. The van der Waals surface area contributed by atoms with Gasteiger partial charge in [0.15, 0.2) is 5.65 Å². The number of aromatic nitrogens is 4. The summed E-state index contributed by atoms with van der Waals surface area (Å²) in [6, 6.07) is 10.1. The van der Waals surface area contributed by atoms with E-state index in [9.17, 15) is 21.6 Å². The average Bonchev–Trinajstić information content (AvgIpc) is 3.28. The van der Waals surface area contributed by atoms with Crippen LogP contribution in [0.15, 0.2) is 66.0 Å². The summed E-state index contributed by atoms with van der Waals surface area (Å²) in [6.45, 7) is 2.80. The molecule has 0 spiro atoms. The summed E-state index contributed by atoms with van der Waals surface area (Å²) < 4.78 is 71.6. The standard InChI is InChI=1S/C25H25F3N6O3S/c1-17-13-31-34-23(30-15-18-5-3-9-29-14-18)12-22(32-24(17)34)19-6-4-10-33(16-19)38(35,36)21-8-2-7-20(11-21)37-25(26,27)28/h2-3,5,7-9,11-14,19,30H,4,6,10,15-16H2,1H3. The minimum absolute atomic E-state index is 0.144. The van der Waals surface area contributed by atoms with Crippen molar-refractivity contribution in [3.8, 4) is 5.75 Å². The third-order valence-electron chi connectivity index (χ3n) is 6.34. The summed E-state index contributed by atoms with van der Waals surface area (Å²) in [7, 11) is -4.06. The Morgan fingerprint density at radius 1 is 1.16 bits per heavy atom. The Bertz CT molecular complexity index is 1540. The van der Waals surface area contributed by atoms with Gasteiger partial charge in [-0.05, 0) is 43.5 Å². The molecule has 5 rings (SSSR count). The van der Waals surface area contributed by atoms with E-state index in [4.69, 9.17) is 4.98 Å². The molecule has 1 saturated heterocycles. The van der Waals surface area contributed by atoms with Crippen LogP contribution in [-0.2, 0) is 16.6 Å². The van der Waals surface area contributed by atoms with E-state index in [-0.39, 0.29) is 23.9 Å². The first-order chi connectivity index (χ1) is 18.1. The van der Waals surface area contributed by atoms with Crippen LogP contribution in [0.25, 0.3) is 5.65 Å². The van der Waals surface area contributed by atoms with Crippen LogP contribution in [0.3, 0.4) is 0 Å². The first-order valence-electron chi connectivity index (χ1n) is 11.9. The van der Waals surface area contributed by atoms with Gasteiger partial charge in [0.25, 0.3) is 0 Å². The van der Waals surface area contributed by atoms with Gasteiger partial charge in [-0.2, -0.15) is 13.9 Å². The smallest absolute Gasteiger partial charge is 0.406 e. The van der Waals surface area contributed by atoms with E-state index in [1.54, 1.807) is 23.1 Å². The quantitative estimate of drug-likeness (QED) is 0.364. The molecular weight excluding hydrogens is 521 g/mol. The number of rotatable bonds is 7. The predicted octanol–water partition coefficient (Wildman–Crippen LogP) is 4.51. The number of piperidine rings is 1. The molecule has 0 aliphatic carbocycles. The van der Waals surface area contributed by atoms with E-state index >= 15 is 0 Å². The Hall–Kier alpha value is -3.71. The van der Waals surface area contributed by atoms with Crippen molar-refractivity contribution >= 4 is 21.5 Å². The number of anilines is 1. The molecular formula is C25H25F3N6O3S. The van der Waals surface area contributed by atoms with Crippen LogP contribution in [-0.4, -0.2) is 51.8 Å². The number of halogens is 3. The highest BCUT2D eigenvalue weighted by atomic mass is 32.2. The van der Waals surface area contributed by atoms with Gasteiger partial charge in [0.2, 0.25) is 10.0 Å². The zero-order valence-corrected chi connectivity index (χ0v) is 21.2. The van der Waals surface area contributed by atoms with Crippen LogP contribution in [0.5, 0.6) is 5.75 Å². The number of nitrogens with one attached hydrogen (secondary N) is 1. The van der Waals surface area contributed by atoms with Crippen LogP contribution >= 0.6 is 0 Å². The van der Waals surface area contributed by atoms with Gasteiger partial charge in [-0.15, -0.1) is 13.2 Å². The number of fused-ring (bicyclic) bond motifs is 1. The van der Waals surface area contributed by atoms with E-state index in [2.05, 4.69) is 20.1 Å². The molecule has 38 heavy (non-hydrogen) atoms. The highest BCUT2D eigenvalue weighted by molar-refractivity contribution is 7.89. The largest absolute Gasteiger partial charge is 0.573 e. The second-order valence-corrected chi connectivity index (χ2v) is 11.0. The normalized spacial score (nSPS) is 17.0. The van der Waals surface area contributed by atoms with Crippen molar-refractivity contribution in [2.45, 2.75) is 43.5 Å². The molecule has 3 aromatic heterocycles. The first kappa shape index (κ1) is 25.9. The van der Waals surface area contributed by atoms with Gasteiger partial charge >= 0.3 is 6.36 Å². The van der Waals surface area contributed by atoms with Crippen LogP contribution < -0.4 is 10.1 Å². The van der Waals surface area contributed by atoms with Crippen molar-refractivity contribution in [2.24, 2.45) is 0 Å². The summed E-state index contributed by atoms with van der Waals surface area (Å²) in [4.78, 5) is 8.68. The maximum absolute atomic E-state index is 13.4. The molecule has 1 aromatic carbocycles. The molecule has 0 radical (unpaired) electrons. The molecule has 4 aromatic rings. The van der Waals surface area contributed by atoms with Gasteiger partial charge in [-0.25, -0.2) is 13.4 Å². The number of alkyl halides is 3. The maximum Gasteiger partial charge on any atom is 0.573 e. The van der Waals surface area contributed by atoms with Crippen molar-refractivity contribution in [1.82, 2.24) is 23.9 Å². The van der Waals surface area contributed by atoms with E-state index in [1.807, 2.05) is 25.1 Å². The van der Waals surface area contributed by atoms with E-state index < -0.39 is 22.1 Å². The zero-order valence-electron chi connectivity index (χ0n) is 20.4. The minimum atomic E-state index is -4.92. The molecule has 0 bridgehead atoms. The number of hydrogen-bond donors (Lipinski definition) is 1. The molecule has 0 saturated carbocycles. The summed E-state index contributed by atoms with van der Waals surface area (Å²) in [5.41, 5.74) is 3.23. The molecule has 1 atom stereocenters. The highest BCUT2D eigenvalue weighted by Gasteiger charge is 2.34. The second kappa shape index (κ2) is 10.2. The molecule has 200 valence electrons. The third-order valence-corrected chi connectivity index (χ3v) is 8.20. The molecule has 4 heterocycles. The number of nitrogens with zero attached hydrogens (tertiary/aromatic N) is 5. The summed E-state index contributed by atoms with van der Waals surface area (Å²) >= 11 is 0. The molecule has 0 amide bonds. The molecule has 1 fully saturated rings. The maximum atomic E-state index is 13.4. The fourth-order valence-electron chi connectivity index (χ4n) is 4.50. The number of benzene rings is 1. The van der Waals surface area contributed by atoms with Gasteiger partial charge in [0, 0.05) is 55.6 Å². The summed E-state index contributed by atoms with van der Waals surface area (Å²) in [5.74, 6) is -0.0925. The lowest BCUT2D eigenvalue weighted by molar-refractivity contribution is -0.274. The fraction of sp³-hybridized carbons (Fsp3) is 0.320. The average molecular weight is 547 g/mol. The Labute approximate surface area is 217 Å². The van der Waals surface area contributed by atoms with Crippen molar-refractivity contribution in [1.29, 1.82) is 0 Å². The topological polar surface area (TPSA) is 102 Å². The number of ether oxygens (including phenoxy) is 1. The second-order valence-electron chi connectivity index (χ2n) is 9.07. The molecule has 9 nitrogen and oxygen atoms in total. The van der Waals surface area contributed by atoms with Crippen molar-refractivity contribution in [2.75, 3.05) is 18.4 Å². The lowest BCUT2D eigenvalue weighted by Gasteiger charge is -2.32. The third kappa shape index (κ3) is 5.58. The lowest BCUT2D eigenvalue weighted by atomic mass is 9.96. The number of aryl methyl sites for hydroxylation is 1. The van der Waals surface area contributed by atoms with Gasteiger partial charge in [0.1, 0.15) is 11.6 Å². The van der Waals surface area contributed by atoms with Crippen molar-refractivity contribution in [3.05, 3.63) is 77.9 Å². The van der Waals surface area contributed by atoms with Gasteiger partial charge in [0.05, 0.1) is 16.8 Å². The molecule has 13 heteroatoms. The first-order valence-corrected chi connectivity index (χ1v) is 13.4. The Kier molecular flexibility index (Phi) is 6.97. The number of sulfonamides is 1. The fourth-order valence-corrected chi connectivity index (χ4v) is 6.06. The van der Waals surface area contributed by atoms with Crippen LogP contribution in [0.4, 0.5) is 19.0 Å². The monoisotopic (exact) mass is 546 g/mol. The summed E-state index contributed by atoms with van der Waals surface area (Å²) in [5, 5.41) is 7.79. The molecule has 1 unspecified atom stereocenters. The number of hydrogen-bond acceptors (Lipinski definition) is 7. The van der Waals surface area contributed by atoms with E-state index in [0.717, 1.165) is 23.3 Å². The van der Waals surface area contributed by atoms with Crippen molar-refractivity contribution in [3.63, 3.8) is 0 Å². The van der Waals surface area contributed by atoms with E-state index in [0.29, 0.717) is 36.5 Å². The Balaban J connectivity index is 1.41. The molecule has 1 aliphatic rings. The number of pyridine rings is 1. The van der Waals surface area contributed by atoms with Gasteiger partial charge in [-0.3, -0.25) is 4.98 Å². The van der Waals surface area contributed by atoms with Gasteiger partial charge < -0.3 is 10.1 Å². The minimum Gasteiger partial charge on any atom is -0.406 e. The molecule has 1 aliphatic heterocycles. The van der Waals surface area contributed by atoms with Crippen LogP contribution in [0, 0.1) is 6.92 Å². The lowest BCUT2D eigenvalue weighted by Crippen LogP contribution is -2.39. The zero-order chi connectivity index (χ0) is 26.9. The molecule has 1 N–H and O–H groups in total. The van der Waals surface area contributed by atoms with Crippen LogP contribution in [0.2, 0.25) is 0 Å². The van der Waals surface area contributed by atoms with Crippen molar-refractivity contribution < 1.29 is 26.3 Å². The summed E-state index contributed by atoms with van der Waals surface area (Å²) in [6.07, 6.45) is 1.55. The Morgan fingerprint density at radius 3 is 2.76 bits per heavy atom. The Morgan fingerprint density at radius 2 is 2.00 bits per heavy atom. The van der Waals surface area contributed by atoms with Crippen LogP contribution in [0.1, 0.15) is 35.6 Å². The highest BCUT2D eigenvalue weighted by Crippen LogP contribution is 2.33. The predicted molar refractivity (Wildman–Crippen MR) is 133 cm³/mol.